The van der Waals surface area contributed by atoms with E-state index >= 15 is 0 Å². The van der Waals surface area contributed by atoms with E-state index in [9.17, 15) is 4.39 Å². The summed E-state index contributed by atoms with van der Waals surface area (Å²) < 4.78 is 13.8. The molecule has 1 N–H and O–H groups in total. The van der Waals surface area contributed by atoms with Crippen molar-refractivity contribution in [2.75, 3.05) is 7.05 Å². The van der Waals surface area contributed by atoms with Crippen molar-refractivity contribution in [3.8, 4) is 0 Å². The molecule has 0 saturated heterocycles. The lowest BCUT2D eigenvalue weighted by Gasteiger charge is -2.17. The fourth-order valence-electron chi connectivity index (χ4n) is 2.19. The first kappa shape index (κ1) is 14.9. The highest BCUT2D eigenvalue weighted by atomic mass is 35.5. The maximum Gasteiger partial charge on any atom is 0.127 e. The Hall–Kier alpha value is -1.45. The maximum atomic E-state index is 13.8. The molecule has 0 spiro atoms. The summed E-state index contributed by atoms with van der Waals surface area (Å²) in [5.74, 6) is -0.240. The SMILES string of the molecule is CNC(CCc1ccccn1)Cc1c(F)cccc1Cl. The van der Waals surface area contributed by atoms with Gasteiger partial charge in [0, 0.05) is 28.5 Å². The van der Waals surface area contributed by atoms with Crippen LogP contribution in [0.1, 0.15) is 17.7 Å². The molecule has 0 aliphatic carbocycles. The monoisotopic (exact) mass is 292 g/mol. The highest BCUT2D eigenvalue weighted by molar-refractivity contribution is 6.31. The number of likely N-dealkylation sites (N-methyl/N-ethyl adjacent to an activating group) is 1. The van der Waals surface area contributed by atoms with Gasteiger partial charge in [0.05, 0.1) is 0 Å². The summed E-state index contributed by atoms with van der Waals surface area (Å²) in [5.41, 5.74) is 1.63. The lowest BCUT2D eigenvalue weighted by Crippen LogP contribution is -2.28. The molecule has 0 aliphatic rings. The van der Waals surface area contributed by atoms with E-state index in [-0.39, 0.29) is 11.9 Å². The molecule has 20 heavy (non-hydrogen) atoms. The molecule has 106 valence electrons. The van der Waals surface area contributed by atoms with Crippen molar-refractivity contribution < 1.29 is 4.39 Å². The maximum absolute atomic E-state index is 13.8. The van der Waals surface area contributed by atoms with E-state index in [1.54, 1.807) is 18.3 Å². The number of hydrogen-bond donors (Lipinski definition) is 1. The molecule has 4 heteroatoms. The minimum absolute atomic E-state index is 0.173. The summed E-state index contributed by atoms with van der Waals surface area (Å²) in [7, 11) is 1.89. The van der Waals surface area contributed by atoms with Crippen LogP contribution in [0.5, 0.6) is 0 Å². The zero-order valence-electron chi connectivity index (χ0n) is 11.4. The fraction of sp³-hybridized carbons (Fsp3) is 0.312. The van der Waals surface area contributed by atoms with Gasteiger partial charge >= 0.3 is 0 Å². The van der Waals surface area contributed by atoms with E-state index in [0.717, 1.165) is 18.5 Å². The van der Waals surface area contributed by atoms with Gasteiger partial charge in [-0.1, -0.05) is 23.7 Å². The topological polar surface area (TPSA) is 24.9 Å². The van der Waals surface area contributed by atoms with Gasteiger partial charge < -0.3 is 5.32 Å². The van der Waals surface area contributed by atoms with Crippen LogP contribution in [0.4, 0.5) is 4.39 Å². The summed E-state index contributed by atoms with van der Waals surface area (Å²) in [4.78, 5) is 4.30. The average molecular weight is 293 g/mol. The summed E-state index contributed by atoms with van der Waals surface area (Å²) in [6, 6.07) is 10.9. The standard InChI is InChI=1S/C16H18ClFN2/c1-19-13(9-8-12-5-2-3-10-20-12)11-14-15(17)6-4-7-16(14)18/h2-7,10,13,19H,8-9,11H2,1H3. The highest BCUT2D eigenvalue weighted by Gasteiger charge is 2.13. The van der Waals surface area contributed by atoms with Crippen molar-refractivity contribution in [2.24, 2.45) is 0 Å². The fourth-order valence-corrected chi connectivity index (χ4v) is 2.43. The van der Waals surface area contributed by atoms with Crippen molar-refractivity contribution in [1.29, 1.82) is 0 Å². The van der Waals surface area contributed by atoms with Crippen LogP contribution in [-0.2, 0) is 12.8 Å². The number of halogens is 2. The molecule has 0 amide bonds. The molecule has 2 nitrogen and oxygen atoms in total. The number of aryl methyl sites for hydroxylation is 1. The van der Waals surface area contributed by atoms with E-state index in [1.165, 1.54) is 6.07 Å². The van der Waals surface area contributed by atoms with E-state index in [2.05, 4.69) is 10.3 Å². The highest BCUT2D eigenvalue weighted by Crippen LogP contribution is 2.21. The van der Waals surface area contributed by atoms with Crippen LogP contribution in [-0.4, -0.2) is 18.1 Å². The van der Waals surface area contributed by atoms with Crippen LogP contribution in [0.15, 0.2) is 42.6 Å². The van der Waals surface area contributed by atoms with Crippen LogP contribution in [0.3, 0.4) is 0 Å². The number of nitrogens with one attached hydrogen (secondary N) is 1. The Morgan fingerprint density at radius 1 is 1.25 bits per heavy atom. The van der Waals surface area contributed by atoms with E-state index in [4.69, 9.17) is 11.6 Å². The van der Waals surface area contributed by atoms with Crippen LogP contribution < -0.4 is 5.32 Å². The van der Waals surface area contributed by atoms with Gasteiger partial charge in [0.15, 0.2) is 0 Å². The number of nitrogens with zero attached hydrogens (tertiary/aromatic N) is 1. The van der Waals surface area contributed by atoms with E-state index < -0.39 is 0 Å². The quantitative estimate of drug-likeness (QED) is 0.879. The van der Waals surface area contributed by atoms with E-state index in [0.29, 0.717) is 17.0 Å². The minimum Gasteiger partial charge on any atom is -0.317 e. The average Bonchev–Trinajstić information content (AvgIpc) is 2.47. The largest absolute Gasteiger partial charge is 0.317 e. The second kappa shape index (κ2) is 7.36. The summed E-state index contributed by atoms with van der Waals surface area (Å²) in [5, 5.41) is 3.71. The molecule has 0 bridgehead atoms. The lowest BCUT2D eigenvalue weighted by atomic mass is 10.0. The summed E-state index contributed by atoms with van der Waals surface area (Å²) >= 11 is 6.07. The predicted molar refractivity (Wildman–Crippen MR) is 80.5 cm³/mol. The first-order chi connectivity index (χ1) is 9.70. The number of pyridine rings is 1. The first-order valence-electron chi connectivity index (χ1n) is 6.70. The Morgan fingerprint density at radius 2 is 2.10 bits per heavy atom. The van der Waals surface area contributed by atoms with Crippen molar-refractivity contribution in [3.05, 3.63) is 64.7 Å². The number of hydrogen-bond acceptors (Lipinski definition) is 2. The molecule has 0 aliphatic heterocycles. The van der Waals surface area contributed by atoms with Crippen LogP contribution in [0.2, 0.25) is 5.02 Å². The molecule has 1 atom stereocenters. The van der Waals surface area contributed by atoms with Gasteiger partial charge in [-0.05, 0) is 50.6 Å². The predicted octanol–water partition coefficient (Wildman–Crippen LogP) is 3.64. The molecule has 0 fully saturated rings. The number of rotatable bonds is 6. The molecule has 1 aromatic carbocycles. The minimum atomic E-state index is -0.240. The Bertz CT molecular complexity index is 525. The third kappa shape index (κ3) is 4.02. The zero-order valence-corrected chi connectivity index (χ0v) is 12.2. The van der Waals surface area contributed by atoms with Crippen LogP contribution in [0, 0.1) is 5.82 Å². The van der Waals surface area contributed by atoms with Gasteiger partial charge in [-0.2, -0.15) is 0 Å². The normalized spacial score (nSPS) is 12.3. The smallest absolute Gasteiger partial charge is 0.127 e. The van der Waals surface area contributed by atoms with Gasteiger partial charge in [0.2, 0.25) is 0 Å². The lowest BCUT2D eigenvalue weighted by molar-refractivity contribution is 0.502. The second-order valence-corrected chi connectivity index (χ2v) is 5.16. The first-order valence-corrected chi connectivity index (χ1v) is 7.08. The number of aromatic nitrogens is 1. The second-order valence-electron chi connectivity index (χ2n) is 4.75. The molecule has 2 rings (SSSR count). The Balaban J connectivity index is 1.99. The number of benzene rings is 1. The zero-order chi connectivity index (χ0) is 14.4. The molecular weight excluding hydrogens is 275 g/mol. The Labute approximate surface area is 124 Å². The van der Waals surface area contributed by atoms with Gasteiger partial charge in [0.25, 0.3) is 0 Å². The third-order valence-corrected chi connectivity index (χ3v) is 3.75. The Morgan fingerprint density at radius 3 is 2.75 bits per heavy atom. The van der Waals surface area contributed by atoms with Gasteiger partial charge in [-0.15, -0.1) is 0 Å². The van der Waals surface area contributed by atoms with Crippen LogP contribution in [0.25, 0.3) is 0 Å². The molecule has 0 saturated carbocycles. The molecule has 0 radical (unpaired) electrons. The van der Waals surface area contributed by atoms with Crippen molar-refractivity contribution in [1.82, 2.24) is 10.3 Å². The summed E-state index contributed by atoms with van der Waals surface area (Å²) in [6.07, 6.45) is 4.11. The molecular formula is C16H18ClFN2. The summed E-state index contributed by atoms with van der Waals surface area (Å²) in [6.45, 7) is 0. The molecule has 2 aromatic rings. The molecule has 1 unspecified atom stereocenters. The Kier molecular flexibility index (Phi) is 5.50. The van der Waals surface area contributed by atoms with Crippen LogP contribution >= 0.6 is 11.6 Å². The molecule has 1 aromatic heterocycles. The van der Waals surface area contributed by atoms with E-state index in [1.807, 2.05) is 25.2 Å². The third-order valence-electron chi connectivity index (χ3n) is 3.40. The van der Waals surface area contributed by atoms with Crippen molar-refractivity contribution in [3.63, 3.8) is 0 Å². The molecule has 1 heterocycles. The van der Waals surface area contributed by atoms with Gasteiger partial charge in [0.1, 0.15) is 5.82 Å². The van der Waals surface area contributed by atoms with Gasteiger partial charge in [-0.25, -0.2) is 4.39 Å². The van der Waals surface area contributed by atoms with Crippen molar-refractivity contribution in [2.45, 2.75) is 25.3 Å². The van der Waals surface area contributed by atoms with Gasteiger partial charge in [-0.3, -0.25) is 4.98 Å². The van der Waals surface area contributed by atoms with Crippen molar-refractivity contribution >= 4 is 11.6 Å².